The molecule has 2 aliphatic rings. The van der Waals surface area contributed by atoms with Crippen LogP contribution in [0.25, 0.3) is 0 Å². The number of hydrogen-bond acceptors (Lipinski definition) is 3. The lowest BCUT2D eigenvalue weighted by atomic mass is 9.80. The van der Waals surface area contributed by atoms with Crippen LogP contribution in [0.4, 0.5) is 13.2 Å². The molecule has 1 aliphatic heterocycles. The Balaban J connectivity index is 1.55. The Morgan fingerprint density at radius 1 is 1.11 bits per heavy atom. The van der Waals surface area contributed by atoms with Crippen molar-refractivity contribution in [2.24, 2.45) is 10.9 Å². The summed E-state index contributed by atoms with van der Waals surface area (Å²) in [6.45, 7) is 5.17. The molecule has 0 saturated heterocycles. The Labute approximate surface area is 216 Å². The summed E-state index contributed by atoms with van der Waals surface area (Å²) in [6.07, 6.45) is 1.27. The molecule has 0 unspecified atom stereocenters. The third-order valence-corrected chi connectivity index (χ3v) is 7.59. The molecule has 0 bridgehead atoms. The van der Waals surface area contributed by atoms with Crippen LogP contribution in [0.2, 0.25) is 0 Å². The van der Waals surface area contributed by atoms with Gasteiger partial charge < -0.3 is 10.2 Å². The lowest BCUT2D eigenvalue weighted by Crippen LogP contribution is -2.49. The maximum Gasteiger partial charge on any atom is 0.416 e. The molecule has 1 saturated carbocycles. The molecule has 2 aromatic rings. The number of amides is 2. The number of aliphatic imine (C=N–C) groups is 1. The van der Waals surface area contributed by atoms with Crippen LogP contribution in [0.5, 0.6) is 0 Å². The monoisotopic (exact) mass is 513 g/mol. The first-order chi connectivity index (χ1) is 17.7. The molecular weight excluding hydrogens is 479 g/mol. The number of hydrogen-bond donors (Lipinski definition) is 1. The molecule has 1 heterocycles. The maximum absolute atomic E-state index is 13.6. The summed E-state index contributed by atoms with van der Waals surface area (Å²) in [5.41, 5.74) is 0.381. The zero-order valence-electron chi connectivity index (χ0n) is 21.4. The van der Waals surface area contributed by atoms with Gasteiger partial charge >= 0.3 is 6.18 Å². The molecule has 37 heavy (non-hydrogen) atoms. The fourth-order valence-corrected chi connectivity index (χ4v) is 5.31. The van der Waals surface area contributed by atoms with Crippen LogP contribution >= 0.6 is 0 Å². The molecule has 0 atom stereocenters. The summed E-state index contributed by atoms with van der Waals surface area (Å²) in [5.74, 6) is 0.139. The van der Waals surface area contributed by atoms with Crippen molar-refractivity contribution in [3.8, 4) is 0 Å². The van der Waals surface area contributed by atoms with Crippen molar-refractivity contribution in [1.82, 2.24) is 10.2 Å². The van der Waals surface area contributed by atoms with Gasteiger partial charge in [-0.15, -0.1) is 0 Å². The number of nitrogens with zero attached hydrogens (tertiary/aromatic N) is 2. The zero-order valence-corrected chi connectivity index (χ0v) is 21.4. The molecule has 4 rings (SSSR count). The van der Waals surface area contributed by atoms with Gasteiger partial charge in [-0.3, -0.25) is 14.6 Å². The SMILES string of the molecule is CCCNC(=O)c1ccc(CCN2C(=O)C(c3cccc(C(F)(F)F)c3)=NC23CCC(CC)CC3)cc1. The molecule has 8 heteroatoms. The molecule has 2 amide bonds. The first-order valence-electron chi connectivity index (χ1n) is 13.1. The summed E-state index contributed by atoms with van der Waals surface area (Å²) in [6, 6.07) is 12.2. The summed E-state index contributed by atoms with van der Waals surface area (Å²) >= 11 is 0. The zero-order chi connectivity index (χ0) is 26.6. The maximum atomic E-state index is 13.6. The third-order valence-electron chi connectivity index (χ3n) is 7.59. The van der Waals surface area contributed by atoms with E-state index >= 15 is 0 Å². The average Bonchev–Trinajstić information content (AvgIpc) is 3.17. The van der Waals surface area contributed by atoms with Crippen LogP contribution in [0.3, 0.4) is 0 Å². The molecule has 1 spiro atoms. The number of carbonyl (C=O) groups is 2. The van der Waals surface area contributed by atoms with Gasteiger partial charge in [0.25, 0.3) is 11.8 Å². The quantitative estimate of drug-likeness (QED) is 0.470. The van der Waals surface area contributed by atoms with E-state index in [4.69, 9.17) is 4.99 Å². The minimum Gasteiger partial charge on any atom is -0.352 e. The predicted molar refractivity (Wildman–Crippen MR) is 137 cm³/mol. The van der Waals surface area contributed by atoms with E-state index in [1.807, 2.05) is 19.1 Å². The van der Waals surface area contributed by atoms with Gasteiger partial charge in [-0.05, 0) is 74.3 Å². The third kappa shape index (κ3) is 5.89. The van der Waals surface area contributed by atoms with E-state index in [0.29, 0.717) is 43.8 Å². The number of alkyl halides is 3. The molecule has 1 fully saturated rings. The van der Waals surface area contributed by atoms with Crippen molar-refractivity contribution in [3.63, 3.8) is 0 Å². The number of benzene rings is 2. The molecule has 2 aromatic carbocycles. The molecule has 5 nitrogen and oxygen atoms in total. The van der Waals surface area contributed by atoms with Gasteiger partial charge in [0.15, 0.2) is 0 Å². The second-order valence-electron chi connectivity index (χ2n) is 10.0. The predicted octanol–water partition coefficient (Wildman–Crippen LogP) is 6.02. The molecule has 0 radical (unpaired) electrons. The summed E-state index contributed by atoms with van der Waals surface area (Å²) in [4.78, 5) is 32.4. The van der Waals surface area contributed by atoms with Gasteiger partial charge in [0.05, 0.1) is 5.56 Å². The van der Waals surface area contributed by atoms with E-state index in [1.54, 1.807) is 17.0 Å². The van der Waals surface area contributed by atoms with E-state index in [2.05, 4.69) is 12.2 Å². The van der Waals surface area contributed by atoms with Crippen molar-refractivity contribution in [2.75, 3.05) is 13.1 Å². The molecule has 1 N–H and O–H groups in total. The summed E-state index contributed by atoms with van der Waals surface area (Å²) in [5, 5.41) is 2.85. The molecule has 198 valence electrons. The van der Waals surface area contributed by atoms with Crippen molar-refractivity contribution in [3.05, 3.63) is 70.8 Å². The lowest BCUT2D eigenvalue weighted by molar-refractivity contribution is -0.137. The average molecular weight is 514 g/mol. The Hall–Kier alpha value is -3.16. The highest BCUT2D eigenvalue weighted by Crippen LogP contribution is 2.43. The van der Waals surface area contributed by atoms with E-state index in [0.717, 1.165) is 43.4 Å². The first-order valence-corrected chi connectivity index (χ1v) is 13.1. The number of halogens is 3. The van der Waals surface area contributed by atoms with Gasteiger partial charge in [0.2, 0.25) is 0 Å². The van der Waals surface area contributed by atoms with Gasteiger partial charge in [0.1, 0.15) is 11.4 Å². The highest BCUT2D eigenvalue weighted by Gasteiger charge is 2.48. The van der Waals surface area contributed by atoms with Crippen molar-refractivity contribution >= 4 is 17.5 Å². The number of nitrogens with one attached hydrogen (secondary N) is 1. The van der Waals surface area contributed by atoms with Gasteiger partial charge in [0, 0.05) is 24.2 Å². The second-order valence-corrected chi connectivity index (χ2v) is 10.0. The van der Waals surface area contributed by atoms with Crippen LogP contribution in [0.1, 0.15) is 79.4 Å². The highest BCUT2D eigenvalue weighted by atomic mass is 19.4. The van der Waals surface area contributed by atoms with Crippen molar-refractivity contribution in [1.29, 1.82) is 0 Å². The summed E-state index contributed by atoms with van der Waals surface area (Å²) < 4.78 is 40.0. The standard InChI is InChI=1S/C29H34F3N3O2/c1-3-17-33-26(36)22-10-8-21(9-11-22)14-18-35-27(37)25(23-6-5-7-24(19-23)29(30,31)32)34-28(35)15-12-20(4-2)13-16-28/h5-11,19-20H,3-4,12-18H2,1-2H3,(H,33,36). The van der Waals surface area contributed by atoms with Crippen LogP contribution in [-0.2, 0) is 17.4 Å². The van der Waals surface area contributed by atoms with Gasteiger partial charge in [-0.2, -0.15) is 13.2 Å². The first kappa shape index (κ1) is 26.9. The van der Waals surface area contributed by atoms with Crippen LogP contribution in [0, 0.1) is 5.92 Å². The smallest absolute Gasteiger partial charge is 0.352 e. The minimum atomic E-state index is -4.49. The fourth-order valence-electron chi connectivity index (χ4n) is 5.31. The Kier molecular flexibility index (Phi) is 8.05. The Morgan fingerprint density at radius 3 is 2.43 bits per heavy atom. The lowest BCUT2D eigenvalue weighted by Gasteiger charge is -2.41. The second kappa shape index (κ2) is 11.1. The van der Waals surface area contributed by atoms with Crippen LogP contribution in [-0.4, -0.2) is 41.2 Å². The molecule has 0 aromatic heterocycles. The van der Waals surface area contributed by atoms with E-state index < -0.39 is 17.4 Å². The van der Waals surface area contributed by atoms with Gasteiger partial charge in [-0.1, -0.05) is 44.5 Å². The molecule has 1 aliphatic carbocycles. The van der Waals surface area contributed by atoms with Crippen LogP contribution in [0.15, 0.2) is 53.5 Å². The minimum absolute atomic E-state index is 0.115. The molecular formula is C29H34F3N3O2. The van der Waals surface area contributed by atoms with E-state index in [-0.39, 0.29) is 23.1 Å². The van der Waals surface area contributed by atoms with Gasteiger partial charge in [-0.25, -0.2) is 0 Å². The number of rotatable bonds is 8. The van der Waals surface area contributed by atoms with E-state index in [1.165, 1.54) is 12.1 Å². The van der Waals surface area contributed by atoms with E-state index in [9.17, 15) is 22.8 Å². The fraction of sp³-hybridized carbons (Fsp3) is 0.483. The van der Waals surface area contributed by atoms with Crippen molar-refractivity contribution in [2.45, 2.75) is 70.6 Å². The highest BCUT2D eigenvalue weighted by molar-refractivity contribution is 6.46. The largest absolute Gasteiger partial charge is 0.416 e. The normalized spacial score (nSPS) is 21.9. The topological polar surface area (TPSA) is 61.8 Å². The summed E-state index contributed by atoms with van der Waals surface area (Å²) in [7, 11) is 0. The number of carbonyl (C=O) groups excluding carboxylic acids is 2. The Morgan fingerprint density at radius 2 is 1.81 bits per heavy atom. The van der Waals surface area contributed by atoms with Crippen LogP contribution < -0.4 is 5.32 Å². The van der Waals surface area contributed by atoms with Crippen molar-refractivity contribution < 1.29 is 22.8 Å². The Bertz CT molecular complexity index is 1150.